The van der Waals surface area contributed by atoms with Gasteiger partial charge in [0, 0.05) is 31.1 Å². The van der Waals surface area contributed by atoms with Crippen molar-refractivity contribution in [2.45, 2.75) is 32.0 Å². The first kappa shape index (κ1) is 16.4. The summed E-state index contributed by atoms with van der Waals surface area (Å²) < 4.78 is 5.56. The lowest BCUT2D eigenvalue weighted by Crippen LogP contribution is -2.36. The number of pyridine rings is 1. The van der Waals surface area contributed by atoms with Gasteiger partial charge in [0.1, 0.15) is 11.5 Å². The lowest BCUT2D eigenvalue weighted by Gasteiger charge is -2.28. The van der Waals surface area contributed by atoms with Crippen LogP contribution in [0.2, 0.25) is 5.82 Å². The summed E-state index contributed by atoms with van der Waals surface area (Å²) >= 11 is 0. The predicted molar refractivity (Wildman–Crippen MR) is 90.1 cm³/mol. The zero-order chi connectivity index (χ0) is 17.1. The molecule has 1 aromatic heterocycles. The van der Waals surface area contributed by atoms with Crippen molar-refractivity contribution >= 4 is 18.7 Å². The van der Waals surface area contributed by atoms with Crippen LogP contribution in [-0.2, 0) is 17.6 Å². The van der Waals surface area contributed by atoms with Crippen LogP contribution < -0.4 is 4.65 Å². The van der Waals surface area contributed by atoms with Crippen molar-refractivity contribution in [1.82, 2.24) is 4.98 Å². The molecule has 2 heterocycles. The molecule has 0 saturated carbocycles. The van der Waals surface area contributed by atoms with Gasteiger partial charge in [-0.25, -0.2) is 0 Å². The molecule has 24 heavy (non-hydrogen) atoms. The second kappa shape index (κ2) is 6.97. The molecular weight excluding hydrogens is 305 g/mol. The second-order valence-electron chi connectivity index (χ2n) is 6.10. The zero-order valence-electron chi connectivity index (χ0n) is 13.4. The molecule has 0 saturated heterocycles. The number of para-hydroxylation sites is 1. The maximum atomic E-state index is 12.3. The number of nitrogens with zero attached hydrogens (tertiary/aromatic N) is 1. The van der Waals surface area contributed by atoms with E-state index in [9.17, 15) is 14.6 Å². The van der Waals surface area contributed by atoms with Crippen molar-refractivity contribution < 1.29 is 19.3 Å². The molecule has 1 aliphatic heterocycles. The molecule has 5 nitrogen and oxygen atoms in total. The third-order valence-electron chi connectivity index (χ3n) is 4.24. The quantitative estimate of drug-likeness (QED) is 0.675. The first-order chi connectivity index (χ1) is 11.5. The monoisotopic (exact) mass is 323 g/mol. The highest BCUT2D eigenvalue weighted by Crippen LogP contribution is 2.36. The fourth-order valence-electron chi connectivity index (χ4n) is 3.03. The molecule has 0 spiro atoms. The SMILES string of the molecule is CC(=O)c1cccc2c1OB(O)[C@@H](CC(=O)Cc1ccncc1)C2. The van der Waals surface area contributed by atoms with Crippen LogP contribution in [0.3, 0.4) is 0 Å². The van der Waals surface area contributed by atoms with Gasteiger partial charge in [0.05, 0.1) is 5.56 Å². The molecule has 6 heteroatoms. The van der Waals surface area contributed by atoms with E-state index in [4.69, 9.17) is 4.65 Å². The maximum Gasteiger partial charge on any atom is 0.526 e. The van der Waals surface area contributed by atoms with Gasteiger partial charge in [0.15, 0.2) is 5.78 Å². The van der Waals surface area contributed by atoms with Crippen molar-refractivity contribution in [1.29, 1.82) is 0 Å². The van der Waals surface area contributed by atoms with Crippen LogP contribution in [0.4, 0.5) is 0 Å². The minimum absolute atomic E-state index is 0.0417. The van der Waals surface area contributed by atoms with Gasteiger partial charge in [-0.3, -0.25) is 14.6 Å². The minimum Gasteiger partial charge on any atom is -0.535 e. The van der Waals surface area contributed by atoms with Crippen LogP contribution in [0.25, 0.3) is 0 Å². The van der Waals surface area contributed by atoms with Gasteiger partial charge in [-0.1, -0.05) is 12.1 Å². The summed E-state index contributed by atoms with van der Waals surface area (Å²) in [6.45, 7) is 1.47. The smallest absolute Gasteiger partial charge is 0.526 e. The lowest BCUT2D eigenvalue weighted by molar-refractivity contribution is -0.118. The molecular formula is C18H18BNO4. The number of rotatable bonds is 5. The van der Waals surface area contributed by atoms with Gasteiger partial charge in [-0.05, 0) is 42.7 Å². The fraction of sp³-hybridized carbons (Fsp3) is 0.278. The molecule has 1 atom stereocenters. The van der Waals surface area contributed by atoms with E-state index in [2.05, 4.69) is 4.98 Å². The molecule has 2 aromatic rings. The molecule has 122 valence electrons. The highest BCUT2D eigenvalue weighted by atomic mass is 16.5. The molecule has 0 radical (unpaired) electrons. The van der Waals surface area contributed by atoms with Gasteiger partial charge in [0.25, 0.3) is 0 Å². The lowest BCUT2D eigenvalue weighted by atomic mass is 9.64. The number of aromatic nitrogens is 1. The maximum absolute atomic E-state index is 12.3. The first-order valence-corrected chi connectivity index (χ1v) is 7.92. The van der Waals surface area contributed by atoms with Crippen LogP contribution >= 0.6 is 0 Å². The van der Waals surface area contributed by atoms with E-state index in [-0.39, 0.29) is 23.8 Å². The minimum atomic E-state index is -1.08. The van der Waals surface area contributed by atoms with Gasteiger partial charge < -0.3 is 9.68 Å². The molecule has 0 fully saturated rings. The van der Waals surface area contributed by atoms with Gasteiger partial charge in [-0.2, -0.15) is 0 Å². The summed E-state index contributed by atoms with van der Waals surface area (Å²) in [6, 6.07) is 8.96. The number of fused-ring (bicyclic) bond motifs is 1. The largest absolute Gasteiger partial charge is 0.535 e. The van der Waals surface area contributed by atoms with Crippen LogP contribution in [0, 0.1) is 0 Å². The Kier molecular flexibility index (Phi) is 4.76. The number of ketones is 2. The highest BCUT2D eigenvalue weighted by molar-refractivity contribution is 6.47. The third kappa shape index (κ3) is 3.54. The molecule has 1 N–H and O–H groups in total. The Morgan fingerprint density at radius 2 is 2.04 bits per heavy atom. The van der Waals surface area contributed by atoms with E-state index in [0.717, 1.165) is 11.1 Å². The first-order valence-electron chi connectivity index (χ1n) is 7.92. The number of benzene rings is 1. The van der Waals surface area contributed by atoms with E-state index < -0.39 is 7.12 Å². The van der Waals surface area contributed by atoms with E-state index in [1.165, 1.54) is 6.92 Å². The Morgan fingerprint density at radius 3 is 2.75 bits per heavy atom. The molecule has 1 aromatic carbocycles. The Hall–Kier alpha value is -2.47. The number of hydrogen-bond donors (Lipinski definition) is 1. The third-order valence-corrected chi connectivity index (χ3v) is 4.24. The summed E-state index contributed by atoms with van der Waals surface area (Å²) in [5.41, 5.74) is 2.23. The van der Waals surface area contributed by atoms with E-state index in [1.807, 2.05) is 6.07 Å². The number of carbonyl (C=O) groups is 2. The Balaban J connectivity index is 1.71. The predicted octanol–water partition coefficient (Wildman–Crippen LogP) is 2.27. The van der Waals surface area contributed by atoms with Gasteiger partial charge >= 0.3 is 7.12 Å². The van der Waals surface area contributed by atoms with Crippen LogP contribution in [0.15, 0.2) is 42.7 Å². The summed E-state index contributed by atoms with van der Waals surface area (Å²) in [6.07, 6.45) is 4.36. The van der Waals surface area contributed by atoms with Crippen molar-refractivity contribution in [3.63, 3.8) is 0 Å². The standard InChI is InChI=1S/C18H18BNO4/c1-12(21)17-4-2-3-14-10-15(19(23)24-18(14)17)11-16(22)9-13-5-7-20-8-6-13/h2-8,15,23H,9-11H2,1H3/t15-/m1/s1. The Morgan fingerprint density at radius 1 is 1.29 bits per heavy atom. The van der Waals surface area contributed by atoms with Gasteiger partial charge in [-0.15, -0.1) is 0 Å². The van der Waals surface area contributed by atoms with E-state index in [1.54, 1.807) is 36.7 Å². The Labute approximate surface area is 140 Å². The average Bonchev–Trinajstić information content (AvgIpc) is 2.55. The second-order valence-corrected chi connectivity index (χ2v) is 6.10. The van der Waals surface area contributed by atoms with E-state index >= 15 is 0 Å². The topological polar surface area (TPSA) is 76.5 Å². The molecule has 0 amide bonds. The van der Waals surface area contributed by atoms with Gasteiger partial charge in [0.2, 0.25) is 0 Å². The van der Waals surface area contributed by atoms with Crippen molar-refractivity contribution in [2.24, 2.45) is 0 Å². The van der Waals surface area contributed by atoms with Crippen LogP contribution in [0.5, 0.6) is 5.75 Å². The normalized spacial score (nSPS) is 16.2. The van der Waals surface area contributed by atoms with Crippen molar-refractivity contribution in [3.8, 4) is 5.75 Å². The molecule has 1 aliphatic rings. The molecule has 0 aliphatic carbocycles. The number of carbonyl (C=O) groups excluding carboxylic acids is 2. The van der Waals surface area contributed by atoms with E-state index in [0.29, 0.717) is 24.2 Å². The van der Waals surface area contributed by atoms with Crippen molar-refractivity contribution in [2.75, 3.05) is 0 Å². The fourth-order valence-corrected chi connectivity index (χ4v) is 3.03. The average molecular weight is 323 g/mol. The summed E-state index contributed by atoms with van der Waals surface area (Å²) in [4.78, 5) is 27.9. The number of hydrogen-bond acceptors (Lipinski definition) is 5. The molecule has 0 unspecified atom stereocenters. The van der Waals surface area contributed by atoms with Crippen LogP contribution in [-0.4, -0.2) is 28.7 Å². The number of Topliss-reactive ketones (excluding diaryl/α,β-unsaturated/α-hetero) is 2. The molecule has 3 rings (SSSR count). The molecule has 0 bridgehead atoms. The summed E-state index contributed by atoms with van der Waals surface area (Å²) in [7, 11) is -1.08. The summed E-state index contributed by atoms with van der Waals surface area (Å²) in [5.74, 6) is 0.0654. The highest BCUT2D eigenvalue weighted by Gasteiger charge is 2.37. The summed E-state index contributed by atoms with van der Waals surface area (Å²) in [5, 5.41) is 10.2. The van der Waals surface area contributed by atoms with Crippen LogP contribution in [0.1, 0.15) is 34.8 Å². The van der Waals surface area contributed by atoms with Crippen molar-refractivity contribution in [3.05, 3.63) is 59.4 Å². The zero-order valence-corrected chi connectivity index (χ0v) is 13.4. The Bertz CT molecular complexity index is 763.